The Labute approximate surface area is 130 Å². The number of rotatable bonds is 7. The van der Waals surface area contributed by atoms with Gasteiger partial charge in [-0.05, 0) is 49.2 Å². The van der Waals surface area contributed by atoms with Gasteiger partial charge in [-0.1, -0.05) is 13.3 Å². The number of nitrogens with zero attached hydrogens (tertiary/aromatic N) is 1. The van der Waals surface area contributed by atoms with E-state index in [0.29, 0.717) is 0 Å². The zero-order chi connectivity index (χ0) is 15.2. The van der Waals surface area contributed by atoms with Crippen molar-refractivity contribution < 1.29 is 0 Å². The second-order valence-electron chi connectivity index (χ2n) is 5.60. The van der Waals surface area contributed by atoms with Crippen molar-refractivity contribution in [3.05, 3.63) is 55.6 Å². The highest BCUT2D eigenvalue weighted by atomic mass is 32.1. The Morgan fingerprint density at radius 1 is 1.29 bits per heavy atom. The predicted octanol–water partition coefficient (Wildman–Crippen LogP) is 3.86. The molecule has 0 atom stereocenters. The molecule has 0 amide bonds. The number of aromatic nitrogens is 1. The molecular weight excluding hydrogens is 280 g/mol. The minimum Gasteiger partial charge on any atom is -0.363 e. The van der Waals surface area contributed by atoms with E-state index in [0.717, 1.165) is 36.5 Å². The molecule has 0 spiro atoms. The number of aryl methyl sites for hydroxylation is 1. The first-order valence-electron chi connectivity index (χ1n) is 7.53. The van der Waals surface area contributed by atoms with E-state index in [-0.39, 0.29) is 5.43 Å². The molecule has 1 N–H and O–H groups in total. The average Bonchev–Trinajstić information content (AvgIpc) is 2.98. The number of nitrogens with one attached hydrogen (secondary N) is 1. The molecule has 0 aliphatic carbocycles. The molecule has 2 heterocycles. The molecule has 21 heavy (non-hydrogen) atoms. The fourth-order valence-electron chi connectivity index (χ4n) is 2.43. The minimum absolute atomic E-state index is 0.162. The molecule has 2 rings (SSSR count). The maximum absolute atomic E-state index is 12.1. The molecule has 0 saturated carbocycles. The summed E-state index contributed by atoms with van der Waals surface area (Å²) in [5.74, 6) is 0. The molecule has 0 bridgehead atoms. The van der Waals surface area contributed by atoms with Crippen molar-refractivity contribution >= 4 is 11.3 Å². The largest absolute Gasteiger partial charge is 0.363 e. The maximum atomic E-state index is 12.1. The van der Waals surface area contributed by atoms with Crippen LogP contribution >= 0.6 is 11.3 Å². The number of pyridine rings is 1. The van der Waals surface area contributed by atoms with Crippen LogP contribution in [0.4, 0.5) is 0 Å². The van der Waals surface area contributed by atoms with Crippen molar-refractivity contribution in [3.63, 3.8) is 0 Å². The van der Waals surface area contributed by atoms with Gasteiger partial charge in [-0.3, -0.25) is 9.69 Å². The van der Waals surface area contributed by atoms with Gasteiger partial charge < -0.3 is 4.98 Å². The van der Waals surface area contributed by atoms with E-state index in [4.69, 9.17) is 0 Å². The van der Waals surface area contributed by atoms with Gasteiger partial charge in [-0.15, -0.1) is 0 Å². The Kier molecular flexibility index (Phi) is 5.76. The first-order valence-corrected chi connectivity index (χ1v) is 8.47. The normalized spacial score (nSPS) is 11.2. The maximum Gasteiger partial charge on any atom is 0.187 e. The van der Waals surface area contributed by atoms with E-state index in [1.54, 1.807) is 11.3 Å². The minimum atomic E-state index is 0.162. The molecule has 0 fully saturated rings. The third-order valence-electron chi connectivity index (χ3n) is 3.81. The topological polar surface area (TPSA) is 36.1 Å². The highest BCUT2D eigenvalue weighted by Crippen LogP contribution is 2.13. The van der Waals surface area contributed by atoms with Gasteiger partial charge in [-0.2, -0.15) is 11.3 Å². The fourth-order valence-corrected chi connectivity index (χ4v) is 3.09. The van der Waals surface area contributed by atoms with Gasteiger partial charge in [0.2, 0.25) is 0 Å². The van der Waals surface area contributed by atoms with Gasteiger partial charge >= 0.3 is 0 Å². The van der Waals surface area contributed by atoms with Crippen LogP contribution in [0.5, 0.6) is 0 Å². The number of aromatic amines is 1. The summed E-state index contributed by atoms with van der Waals surface area (Å²) in [7, 11) is 0. The Bertz CT molecular complexity index is 616. The van der Waals surface area contributed by atoms with E-state index >= 15 is 0 Å². The molecule has 3 nitrogen and oxygen atoms in total. The summed E-state index contributed by atoms with van der Waals surface area (Å²) in [5, 5.41) is 4.32. The highest BCUT2D eigenvalue weighted by molar-refractivity contribution is 7.07. The van der Waals surface area contributed by atoms with E-state index in [2.05, 4.69) is 33.6 Å². The standard InChI is InChI=1S/C17H24N2OS/c1-4-5-7-19(10-15-6-8-21-12-15)11-16-14(3)17(20)13(2)9-18-16/h6,8-9,12H,4-5,7,10-11H2,1-3H3,(H,18,20). The number of unbranched alkanes of at least 4 members (excludes halogenated alkanes) is 1. The first-order chi connectivity index (χ1) is 10.1. The quantitative estimate of drug-likeness (QED) is 0.843. The summed E-state index contributed by atoms with van der Waals surface area (Å²) in [6.07, 6.45) is 4.19. The number of hydrogen-bond acceptors (Lipinski definition) is 3. The van der Waals surface area contributed by atoms with Crippen molar-refractivity contribution in [3.8, 4) is 0 Å². The van der Waals surface area contributed by atoms with Crippen molar-refractivity contribution in [2.75, 3.05) is 6.54 Å². The molecule has 2 aromatic heterocycles. The number of thiophene rings is 1. The van der Waals surface area contributed by atoms with Crippen molar-refractivity contribution in [1.82, 2.24) is 9.88 Å². The first kappa shape index (κ1) is 16.0. The summed E-state index contributed by atoms with van der Waals surface area (Å²) in [6.45, 7) is 8.79. The van der Waals surface area contributed by atoms with Crippen molar-refractivity contribution in [2.24, 2.45) is 0 Å². The molecule has 2 aromatic rings. The van der Waals surface area contributed by atoms with Gasteiger partial charge in [-0.25, -0.2) is 0 Å². The Morgan fingerprint density at radius 2 is 2.10 bits per heavy atom. The fraction of sp³-hybridized carbons (Fsp3) is 0.471. The third-order valence-corrected chi connectivity index (χ3v) is 4.54. The van der Waals surface area contributed by atoms with Crippen LogP contribution < -0.4 is 5.43 Å². The predicted molar refractivity (Wildman–Crippen MR) is 89.9 cm³/mol. The van der Waals surface area contributed by atoms with Gasteiger partial charge in [0, 0.05) is 36.1 Å². The van der Waals surface area contributed by atoms with Crippen LogP contribution in [0.15, 0.2) is 27.8 Å². The van der Waals surface area contributed by atoms with E-state index in [1.807, 2.05) is 20.0 Å². The third kappa shape index (κ3) is 4.29. The second kappa shape index (κ2) is 7.57. The van der Waals surface area contributed by atoms with Gasteiger partial charge in [0.05, 0.1) is 0 Å². The Balaban J connectivity index is 2.14. The number of H-pyrrole nitrogens is 1. The van der Waals surface area contributed by atoms with Crippen molar-refractivity contribution in [2.45, 2.75) is 46.7 Å². The Hall–Kier alpha value is -1.39. The molecule has 114 valence electrons. The van der Waals surface area contributed by atoms with Crippen LogP contribution in [0.3, 0.4) is 0 Å². The van der Waals surface area contributed by atoms with Crippen LogP contribution in [0, 0.1) is 13.8 Å². The second-order valence-corrected chi connectivity index (χ2v) is 6.38. The highest BCUT2D eigenvalue weighted by Gasteiger charge is 2.11. The van der Waals surface area contributed by atoms with Crippen LogP contribution in [0.1, 0.15) is 42.1 Å². The van der Waals surface area contributed by atoms with Crippen LogP contribution in [-0.4, -0.2) is 16.4 Å². The summed E-state index contributed by atoms with van der Waals surface area (Å²) in [4.78, 5) is 17.8. The molecule has 0 radical (unpaired) electrons. The lowest BCUT2D eigenvalue weighted by atomic mass is 10.1. The van der Waals surface area contributed by atoms with Gasteiger partial charge in [0.1, 0.15) is 0 Å². The Morgan fingerprint density at radius 3 is 2.76 bits per heavy atom. The van der Waals surface area contributed by atoms with Crippen LogP contribution in [0.25, 0.3) is 0 Å². The van der Waals surface area contributed by atoms with E-state index < -0.39 is 0 Å². The van der Waals surface area contributed by atoms with Gasteiger partial charge in [0.15, 0.2) is 5.43 Å². The SMILES string of the molecule is CCCCN(Cc1ccsc1)Cc1[nH]cc(C)c(=O)c1C. The van der Waals surface area contributed by atoms with Crippen LogP contribution in [-0.2, 0) is 13.1 Å². The van der Waals surface area contributed by atoms with Crippen molar-refractivity contribution in [1.29, 1.82) is 0 Å². The smallest absolute Gasteiger partial charge is 0.187 e. The lowest BCUT2D eigenvalue weighted by Crippen LogP contribution is -2.26. The molecule has 4 heteroatoms. The summed E-state index contributed by atoms with van der Waals surface area (Å²) >= 11 is 1.73. The molecule has 0 saturated heterocycles. The summed E-state index contributed by atoms with van der Waals surface area (Å²) in [6, 6.07) is 2.17. The number of hydrogen-bond donors (Lipinski definition) is 1. The summed E-state index contributed by atoms with van der Waals surface area (Å²) < 4.78 is 0. The zero-order valence-electron chi connectivity index (χ0n) is 13.1. The lowest BCUT2D eigenvalue weighted by molar-refractivity contribution is 0.249. The zero-order valence-corrected chi connectivity index (χ0v) is 13.9. The van der Waals surface area contributed by atoms with E-state index in [1.165, 1.54) is 18.4 Å². The molecular formula is C17H24N2OS. The van der Waals surface area contributed by atoms with E-state index in [9.17, 15) is 4.79 Å². The molecule has 0 aromatic carbocycles. The average molecular weight is 304 g/mol. The lowest BCUT2D eigenvalue weighted by Gasteiger charge is -2.22. The molecule has 0 aliphatic rings. The van der Waals surface area contributed by atoms with Crippen LogP contribution in [0.2, 0.25) is 0 Å². The summed E-state index contributed by atoms with van der Waals surface area (Å²) in [5.41, 5.74) is 4.19. The monoisotopic (exact) mass is 304 g/mol. The molecule has 0 unspecified atom stereocenters. The van der Waals surface area contributed by atoms with Gasteiger partial charge in [0.25, 0.3) is 0 Å². The molecule has 0 aliphatic heterocycles.